The maximum atomic E-state index is 12.2. The van der Waals surface area contributed by atoms with E-state index in [2.05, 4.69) is 44.7 Å². The molecule has 2 aromatic carbocycles. The molecule has 2 amide bonds. The molecule has 0 spiro atoms. The number of anilines is 4. The first kappa shape index (κ1) is 22.7. The van der Waals surface area contributed by atoms with Gasteiger partial charge >= 0.3 is 0 Å². The Morgan fingerprint density at radius 1 is 0.906 bits per heavy atom. The summed E-state index contributed by atoms with van der Waals surface area (Å²) in [5, 5.41) is 8.66. The minimum atomic E-state index is -0.301. The third-order valence-electron chi connectivity index (χ3n) is 4.80. The van der Waals surface area contributed by atoms with E-state index in [9.17, 15) is 9.59 Å². The number of carbonyl (C=O) groups excluding carboxylic acids is 2. The summed E-state index contributed by atoms with van der Waals surface area (Å²) in [6.07, 6.45) is 0. The highest BCUT2D eigenvalue weighted by Crippen LogP contribution is 2.21. The van der Waals surface area contributed by atoms with Crippen LogP contribution in [0, 0.1) is 6.92 Å². The Morgan fingerprint density at radius 3 is 2.22 bits per heavy atom. The summed E-state index contributed by atoms with van der Waals surface area (Å²) in [6.45, 7) is 7.68. The molecule has 3 aromatic rings. The number of hydrogen-bond donors (Lipinski definition) is 3. The lowest BCUT2D eigenvalue weighted by molar-refractivity contribution is -0.115. The van der Waals surface area contributed by atoms with E-state index in [-0.39, 0.29) is 18.4 Å². The zero-order valence-corrected chi connectivity index (χ0v) is 18.6. The van der Waals surface area contributed by atoms with Crippen LogP contribution in [-0.4, -0.2) is 41.4 Å². The second-order valence-electron chi connectivity index (χ2n) is 7.13. The predicted molar refractivity (Wildman–Crippen MR) is 127 cm³/mol. The van der Waals surface area contributed by atoms with Gasteiger partial charge in [0.15, 0.2) is 0 Å². The van der Waals surface area contributed by atoms with Crippen molar-refractivity contribution in [1.29, 1.82) is 0 Å². The summed E-state index contributed by atoms with van der Waals surface area (Å²) in [7, 11) is 0. The zero-order valence-electron chi connectivity index (χ0n) is 18.6. The van der Waals surface area contributed by atoms with Crippen molar-refractivity contribution in [2.45, 2.75) is 20.8 Å². The van der Waals surface area contributed by atoms with E-state index in [0.29, 0.717) is 22.9 Å². The van der Waals surface area contributed by atoms with Crippen LogP contribution in [0.4, 0.5) is 23.0 Å². The van der Waals surface area contributed by atoms with Crippen molar-refractivity contribution >= 4 is 34.8 Å². The molecule has 32 heavy (non-hydrogen) atoms. The summed E-state index contributed by atoms with van der Waals surface area (Å²) >= 11 is 0. The minimum Gasteiger partial charge on any atom is -0.357 e. The molecule has 8 heteroatoms. The number of aryl methyl sites for hydroxylation is 1. The number of benzene rings is 2. The highest BCUT2D eigenvalue weighted by Gasteiger charge is 2.09. The molecule has 166 valence electrons. The first-order valence-electron chi connectivity index (χ1n) is 10.6. The van der Waals surface area contributed by atoms with Gasteiger partial charge in [0, 0.05) is 36.1 Å². The van der Waals surface area contributed by atoms with Gasteiger partial charge in [-0.15, -0.1) is 0 Å². The van der Waals surface area contributed by atoms with Crippen molar-refractivity contribution in [2.24, 2.45) is 0 Å². The molecule has 3 rings (SSSR count). The van der Waals surface area contributed by atoms with Crippen LogP contribution in [-0.2, 0) is 4.79 Å². The van der Waals surface area contributed by atoms with Gasteiger partial charge in [-0.25, -0.2) is 9.97 Å². The van der Waals surface area contributed by atoms with Crippen LogP contribution in [0.25, 0.3) is 0 Å². The maximum Gasteiger partial charge on any atom is 0.251 e. The summed E-state index contributed by atoms with van der Waals surface area (Å²) in [5.74, 6) is 1.69. The molecule has 0 aliphatic carbocycles. The summed E-state index contributed by atoms with van der Waals surface area (Å²) in [4.78, 5) is 35.3. The quantitative estimate of drug-likeness (QED) is 0.476. The van der Waals surface area contributed by atoms with Crippen LogP contribution >= 0.6 is 0 Å². The van der Waals surface area contributed by atoms with Gasteiger partial charge in [0.05, 0.1) is 6.54 Å². The normalized spacial score (nSPS) is 10.3. The number of aromatic nitrogens is 2. The molecule has 1 heterocycles. The second kappa shape index (κ2) is 10.9. The second-order valence-corrected chi connectivity index (χ2v) is 7.13. The number of amides is 2. The third kappa shape index (κ3) is 6.28. The molecular weight excluding hydrogens is 404 g/mol. The fraction of sp³-hybridized carbons (Fsp3) is 0.250. The van der Waals surface area contributed by atoms with Gasteiger partial charge in [0.1, 0.15) is 17.5 Å². The average molecular weight is 433 g/mol. The van der Waals surface area contributed by atoms with Crippen LogP contribution in [0.3, 0.4) is 0 Å². The van der Waals surface area contributed by atoms with Gasteiger partial charge in [-0.3, -0.25) is 9.59 Å². The molecule has 0 aliphatic heterocycles. The van der Waals surface area contributed by atoms with Crippen molar-refractivity contribution in [3.63, 3.8) is 0 Å². The summed E-state index contributed by atoms with van der Waals surface area (Å²) in [6, 6.07) is 18.0. The standard InChI is InChI=1S/C24H28N6O2/c1-4-30(5-2)22-15-21(26-17(3)27-22)28-19-11-13-20(14-12-19)29-23(31)16-25-24(32)18-9-7-6-8-10-18/h6-15H,4-5,16H2,1-3H3,(H,25,32)(H,29,31)(H,26,27,28). The lowest BCUT2D eigenvalue weighted by Gasteiger charge is -2.20. The van der Waals surface area contributed by atoms with Crippen molar-refractivity contribution in [3.05, 3.63) is 72.1 Å². The van der Waals surface area contributed by atoms with Crippen LogP contribution in [0.1, 0.15) is 30.0 Å². The Kier molecular flexibility index (Phi) is 7.75. The predicted octanol–water partition coefficient (Wildman–Crippen LogP) is 3.74. The minimum absolute atomic E-state index is 0.109. The topological polar surface area (TPSA) is 99.2 Å². The highest BCUT2D eigenvalue weighted by atomic mass is 16.2. The number of nitrogens with one attached hydrogen (secondary N) is 3. The Hall–Kier alpha value is -3.94. The van der Waals surface area contributed by atoms with Gasteiger partial charge in [-0.2, -0.15) is 0 Å². The molecule has 8 nitrogen and oxygen atoms in total. The molecule has 1 aromatic heterocycles. The third-order valence-corrected chi connectivity index (χ3v) is 4.80. The van der Waals surface area contributed by atoms with E-state index < -0.39 is 0 Å². The number of carbonyl (C=O) groups is 2. The van der Waals surface area contributed by atoms with Crippen LogP contribution in [0.2, 0.25) is 0 Å². The van der Waals surface area contributed by atoms with Crippen molar-refractivity contribution in [1.82, 2.24) is 15.3 Å². The van der Waals surface area contributed by atoms with Crippen LogP contribution < -0.4 is 20.9 Å². The largest absolute Gasteiger partial charge is 0.357 e. The average Bonchev–Trinajstić information content (AvgIpc) is 2.80. The van der Waals surface area contributed by atoms with Crippen molar-refractivity contribution in [2.75, 3.05) is 35.2 Å². The Bertz CT molecular complexity index is 1050. The fourth-order valence-electron chi connectivity index (χ4n) is 3.17. The molecular formula is C24H28N6O2. The molecule has 0 aliphatic rings. The fourth-order valence-corrected chi connectivity index (χ4v) is 3.17. The van der Waals surface area contributed by atoms with Gasteiger partial charge in [0.25, 0.3) is 5.91 Å². The van der Waals surface area contributed by atoms with Crippen LogP contribution in [0.15, 0.2) is 60.7 Å². The lowest BCUT2D eigenvalue weighted by Crippen LogP contribution is -2.32. The van der Waals surface area contributed by atoms with E-state index in [1.807, 2.05) is 31.2 Å². The smallest absolute Gasteiger partial charge is 0.251 e. The summed E-state index contributed by atoms with van der Waals surface area (Å²) in [5.41, 5.74) is 1.99. The first-order chi connectivity index (χ1) is 15.5. The number of rotatable bonds is 9. The Balaban J connectivity index is 1.56. The van der Waals surface area contributed by atoms with Crippen LogP contribution in [0.5, 0.6) is 0 Å². The van der Waals surface area contributed by atoms with Gasteiger partial charge in [-0.05, 0) is 57.2 Å². The number of nitrogens with zero attached hydrogens (tertiary/aromatic N) is 3. The molecule has 0 unspecified atom stereocenters. The van der Waals surface area contributed by atoms with E-state index in [4.69, 9.17) is 0 Å². The molecule has 0 bridgehead atoms. The monoisotopic (exact) mass is 432 g/mol. The lowest BCUT2D eigenvalue weighted by atomic mass is 10.2. The van der Waals surface area contributed by atoms with E-state index in [1.165, 1.54) is 0 Å². The highest BCUT2D eigenvalue weighted by molar-refractivity contribution is 5.99. The Labute approximate surface area is 188 Å². The van der Waals surface area contributed by atoms with Gasteiger partial charge in [-0.1, -0.05) is 18.2 Å². The van der Waals surface area contributed by atoms with Gasteiger partial charge < -0.3 is 20.9 Å². The first-order valence-corrected chi connectivity index (χ1v) is 10.6. The molecule has 0 saturated carbocycles. The maximum absolute atomic E-state index is 12.2. The molecule has 0 saturated heterocycles. The van der Waals surface area contributed by atoms with E-state index >= 15 is 0 Å². The Morgan fingerprint density at radius 2 is 1.56 bits per heavy atom. The zero-order chi connectivity index (χ0) is 22.9. The van der Waals surface area contributed by atoms with Crippen molar-refractivity contribution < 1.29 is 9.59 Å². The molecule has 0 radical (unpaired) electrons. The summed E-state index contributed by atoms with van der Waals surface area (Å²) < 4.78 is 0. The molecule has 0 atom stereocenters. The number of hydrogen-bond acceptors (Lipinski definition) is 6. The van der Waals surface area contributed by atoms with Crippen molar-refractivity contribution in [3.8, 4) is 0 Å². The SMILES string of the molecule is CCN(CC)c1cc(Nc2ccc(NC(=O)CNC(=O)c3ccccc3)cc2)nc(C)n1. The molecule has 3 N–H and O–H groups in total. The van der Waals surface area contributed by atoms with E-state index in [1.54, 1.807) is 36.4 Å². The molecule has 0 fully saturated rings. The van der Waals surface area contributed by atoms with Gasteiger partial charge in [0.2, 0.25) is 5.91 Å². The van der Waals surface area contributed by atoms with E-state index in [0.717, 1.165) is 24.6 Å².